The fourth-order valence-electron chi connectivity index (χ4n) is 2.01. The third kappa shape index (κ3) is 4.40. The number of benzene rings is 1. The maximum Gasteiger partial charge on any atom is 0.165 e. The third-order valence-electron chi connectivity index (χ3n) is 2.91. The molecular formula is C15H23NO3. The molecule has 1 heterocycles. The first-order valence-electron chi connectivity index (χ1n) is 6.97. The van der Waals surface area contributed by atoms with Crippen LogP contribution in [0.4, 0.5) is 0 Å². The Morgan fingerprint density at radius 1 is 1.26 bits per heavy atom. The van der Waals surface area contributed by atoms with Crippen LogP contribution in [0, 0.1) is 0 Å². The van der Waals surface area contributed by atoms with E-state index in [1.54, 1.807) is 0 Å². The number of hydrogen-bond donors (Lipinski definition) is 1. The van der Waals surface area contributed by atoms with Crippen LogP contribution in [-0.2, 0) is 11.3 Å². The summed E-state index contributed by atoms with van der Waals surface area (Å²) >= 11 is 0. The molecule has 19 heavy (non-hydrogen) atoms. The summed E-state index contributed by atoms with van der Waals surface area (Å²) in [6, 6.07) is 6.03. The Labute approximate surface area is 115 Å². The number of ether oxygens (including phenoxy) is 3. The summed E-state index contributed by atoms with van der Waals surface area (Å²) in [5, 5.41) is 3.41. The lowest BCUT2D eigenvalue weighted by Crippen LogP contribution is -2.20. The lowest BCUT2D eigenvalue weighted by molar-refractivity contribution is 0.0770. The van der Waals surface area contributed by atoms with Crippen molar-refractivity contribution in [2.75, 3.05) is 26.4 Å². The van der Waals surface area contributed by atoms with Crippen molar-refractivity contribution in [3.05, 3.63) is 23.8 Å². The summed E-state index contributed by atoms with van der Waals surface area (Å²) in [6.07, 6.45) is 1.33. The minimum Gasteiger partial charge on any atom is -0.486 e. The Morgan fingerprint density at radius 2 is 2.11 bits per heavy atom. The van der Waals surface area contributed by atoms with Crippen molar-refractivity contribution in [1.82, 2.24) is 5.32 Å². The van der Waals surface area contributed by atoms with Crippen LogP contribution in [0.3, 0.4) is 0 Å². The Morgan fingerprint density at radius 3 is 2.95 bits per heavy atom. The highest BCUT2D eigenvalue weighted by Gasteiger charge is 2.14. The van der Waals surface area contributed by atoms with Gasteiger partial charge in [-0.15, -0.1) is 0 Å². The van der Waals surface area contributed by atoms with Gasteiger partial charge in [-0.3, -0.25) is 0 Å². The van der Waals surface area contributed by atoms with Gasteiger partial charge in [0.1, 0.15) is 13.2 Å². The van der Waals surface area contributed by atoms with Crippen LogP contribution in [0.5, 0.6) is 11.5 Å². The van der Waals surface area contributed by atoms with E-state index in [1.165, 1.54) is 0 Å². The zero-order valence-corrected chi connectivity index (χ0v) is 11.8. The Hall–Kier alpha value is -1.26. The Kier molecular flexibility index (Phi) is 5.48. The highest BCUT2D eigenvalue weighted by molar-refractivity contribution is 5.47. The SMILES string of the molecule is CC(C)OCCCNCc1cccc2c1OCCO2. The van der Waals surface area contributed by atoms with Crippen LogP contribution >= 0.6 is 0 Å². The molecular weight excluding hydrogens is 242 g/mol. The van der Waals surface area contributed by atoms with Crippen molar-refractivity contribution in [2.45, 2.75) is 32.9 Å². The first-order valence-corrected chi connectivity index (χ1v) is 6.97. The fraction of sp³-hybridized carbons (Fsp3) is 0.600. The van der Waals surface area contributed by atoms with Crippen molar-refractivity contribution in [3.8, 4) is 11.5 Å². The summed E-state index contributed by atoms with van der Waals surface area (Å²) in [5.74, 6) is 1.74. The van der Waals surface area contributed by atoms with Crippen molar-refractivity contribution in [1.29, 1.82) is 0 Å². The molecule has 1 aromatic rings. The van der Waals surface area contributed by atoms with Gasteiger partial charge in [-0.05, 0) is 32.9 Å². The van der Waals surface area contributed by atoms with Gasteiger partial charge in [-0.2, -0.15) is 0 Å². The number of fused-ring (bicyclic) bond motifs is 1. The van der Waals surface area contributed by atoms with Gasteiger partial charge in [0.15, 0.2) is 11.5 Å². The molecule has 0 saturated heterocycles. The van der Waals surface area contributed by atoms with Gasteiger partial charge in [0.05, 0.1) is 6.10 Å². The van der Waals surface area contributed by atoms with E-state index < -0.39 is 0 Å². The third-order valence-corrected chi connectivity index (χ3v) is 2.91. The molecule has 0 saturated carbocycles. The van der Waals surface area contributed by atoms with Gasteiger partial charge in [0.25, 0.3) is 0 Å². The Balaban J connectivity index is 1.74. The average Bonchev–Trinajstić information content (AvgIpc) is 2.42. The number of nitrogens with one attached hydrogen (secondary N) is 1. The standard InChI is InChI=1S/C15H23NO3/c1-12(2)17-8-4-7-16-11-13-5-3-6-14-15(13)19-10-9-18-14/h3,5-6,12,16H,4,7-11H2,1-2H3. The first-order chi connectivity index (χ1) is 9.27. The van der Waals surface area contributed by atoms with Gasteiger partial charge in [-0.1, -0.05) is 12.1 Å². The maximum absolute atomic E-state index is 5.67. The second-order valence-corrected chi connectivity index (χ2v) is 4.89. The average molecular weight is 265 g/mol. The van der Waals surface area contributed by atoms with E-state index in [1.807, 2.05) is 12.1 Å². The zero-order chi connectivity index (χ0) is 13.5. The van der Waals surface area contributed by atoms with E-state index in [9.17, 15) is 0 Å². The molecule has 1 aliphatic rings. The summed E-state index contributed by atoms with van der Waals surface area (Å²) in [7, 11) is 0. The largest absolute Gasteiger partial charge is 0.486 e. The van der Waals surface area contributed by atoms with Crippen molar-refractivity contribution in [2.24, 2.45) is 0 Å². The highest BCUT2D eigenvalue weighted by atomic mass is 16.6. The van der Waals surface area contributed by atoms with Crippen molar-refractivity contribution >= 4 is 0 Å². The van der Waals surface area contributed by atoms with Crippen LogP contribution < -0.4 is 14.8 Å². The molecule has 0 fully saturated rings. The number of para-hydroxylation sites is 1. The van der Waals surface area contributed by atoms with Crippen molar-refractivity contribution < 1.29 is 14.2 Å². The molecule has 0 aromatic heterocycles. The molecule has 0 bridgehead atoms. The Bertz CT molecular complexity index is 393. The molecule has 1 aromatic carbocycles. The number of hydrogen-bond acceptors (Lipinski definition) is 4. The fourth-order valence-corrected chi connectivity index (χ4v) is 2.01. The topological polar surface area (TPSA) is 39.7 Å². The van der Waals surface area contributed by atoms with E-state index in [4.69, 9.17) is 14.2 Å². The smallest absolute Gasteiger partial charge is 0.165 e. The lowest BCUT2D eigenvalue weighted by Gasteiger charge is -2.21. The van der Waals surface area contributed by atoms with Crippen LogP contribution in [0.25, 0.3) is 0 Å². The molecule has 0 unspecified atom stereocenters. The van der Waals surface area contributed by atoms with E-state index in [2.05, 4.69) is 25.2 Å². The predicted octanol–water partition coefficient (Wildman–Crippen LogP) is 2.36. The van der Waals surface area contributed by atoms with Crippen LogP contribution in [0.1, 0.15) is 25.8 Å². The van der Waals surface area contributed by atoms with Gasteiger partial charge in [0.2, 0.25) is 0 Å². The normalized spacial score (nSPS) is 13.8. The maximum atomic E-state index is 5.67. The summed E-state index contributed by atoms with van der Waals surface area (Å²) in [4.78, 5) is 0. The second kappa shape index (κ2) is 7.36. The predicted molar refractivity (Wildman–Crippen MR) is 74.8 cm³/mol. The van der Waals surface area contributed by atoms with Gasteiger partial charge < -0.3 is 19.5 Å². The number of rotatable bonds is 7. The van der Waals surface area contributed by atoms with E-state index in [0.717, 1.165) is 43.2 Å². The minimum absolute atomic E-state index is 0.312. The second-order valence-electron chi connectivity index (χ2n) is 4.89. The molecule has 0 aliphatic carbocycles. The van der Waals surface area contributed by atoms with Crippen molar-refractivity contribution in [3.63, 3.8) is 0 Å². The van der Waals surface area contributed by atoms with Gasteiger partial charge >= 0.3 is 0 Å². The first kappa shape index (κ1) is 14.2. The van der Waals surface area contributed by atoms with Crippen LogP contribution in [0.2, 0.25) is 0 Å². The van der Waals surface area contributed by atoms with E-state index in [0.29, 0.717) is 19.3 Å². The molecule has 0 spiro atoms. The molecule has 1 N–H and O–H groups in total. The van der Waals surface area contributed by atoms with Crippen LogP contribution in [-0.4, -0.2) is 32.5 Å². The van der Waals surface area contributed by atoms with E-state index >= 15 is 0 Å². The molecule has 0 radical (unpaired) electrons. The van der Waals surface area contributed by atoms with E-state index in [-0.39, 0.29) is 0 Å². The molecule has 4 nitrogen and oxygen atoms in total. The van der Waals surface area contributed by atoms with Gasteiger partial charge in [-0.25, -0.2) is 0 Å². The zero-order valence-electron chi connectivity index (χ0n) is 11.8. The highest BCUT2D eigenvalue weighted by Crippen LogP contribution is 2.33. The quantitative estimate of drug-likeness (QED) is 0.768. The van der Waals surface area contributed by atoms with Crippen LogP contribution in [0.15, 0.2) is 18.2 Å². The molecule has 0 amide bonds. The molecule has 106 valence electrons. The lowest BCUT2D eigenvalue weighted by atomic mass is 10.1. The molecule has 1 aliphatic heterocycles. The summed E-state index contributed by atoms with van der Waals surface area (Å²) in [5.41, 5.74) is 1.15. The summed E-state index contributed by atoms with van der Waals surface area (Å²) < 4.78 is 16.7. The molecule has 2 rings (SSSR count). The van der Waals surface area contributed by atoms with Gasteiger partial charge in [0, 0.05) is 18.7 Å². The summed E-state index contributed by atoms with van der Waals surface area (Å²) in [6.45, 7) is 7.92. The molecule has 0 atom stereocenters. The molecule has 4 heteroatoms. The minimum atomic E-state index is 0.312. The monoisotopic (exact) mass is 265 g/mol.